The number of nitrogens with zero attached hydrogens (tertiary/aromatic N) is 1. The van der Waals surface area contributed by atoms with E-state index in [4.69, 9.17) is 0 Å². The Hall–Kier alpha value is -0.890. The van der Waals surface area contributed by atoms with Gasteiger partial charge in [-0.25, -0.2) is 0 Å². The van der Waals surface area contributed by atoms with E-state index in [9.17, 15) is 0 Å². The van der Waals surface area contributed by atoms with E-state index >= 15 is 0 Å². The van der Waals surface area contributed by atoms with E-state index in [-0.39, 0.29) is 0 Å². The molecule has 1 fully saturated rings. The molecule has 1 saturated carbocycles. The summed E-state index contributed by atoms with van der Waals surface area (Å²) in [6.07, 6.45) is 10.7. The van der Waals surface area contributed by atoms with Crippen molar-refractivity contribution in [3.8, 4) is 0 Å². The molecule has 1 heterocycles. The monoisotopic (exact) mass is 232 g/mol. The second kappa shape index (κ2) is 6.15. The smallest absolute Gasteiger partial charge is 0.0324 e. The van der Waals surface area contributed by atoms with E-state index in [1.807, 2.05) is 12.4 Å². The predicted molar refractivity (Wildman–Crippen MR) is 72.0 cm³/mol. The zero-order valence-electron chi connectivity index (χ0n) is 11.1. The van der Waals surface area contributed by atoms with Gasteiger partial charge in [0.1, 0.15) is 0 Å². The number of pyridine rings is 1. The molecule has 0 amide bonds. The molecule has 1 aliphatic carbocycles. The molecule has 0 aromatic carbocycles. The first-order valence-electron chi connectivity index (χ1n) is 6.95. The van der Waals surface area contributed by atoms with Crippen LogP contribution in [-0.2, 0) is 0 Å². The Morgan fingerprint density at radius 1 is 1.47 bits per heavy atom. The topological polar surface area (TPSA) is 24.9 Å². The van der Waals surface area contributed by atoms with Gasteiger partial charge in [-0.05, 0) is 55.8 Å². The molecule has 1 N–H and O–H groups in total. The van der Waals surface area contributed by atoms with Crippen LogP contribution in [0.15, 0.2) is 18.5 Å². The van der Waals surface area contributed by atoms with E-state index in [1.165, 1.54) is 43.2 Å². The lowest BCUT2D eigenvalue weighted by molar-refractivity contribution is 0.468. The number of aromatic nitrogens is 1. The molecule has 2 nitrogen and oxygen atoms in total. The van der Waals surface area contributed by atoms with Crippen LogP contribution in [0.1, 0.15) is 56.2 Å². The fraction of sp³-hybridized carbons (Fsp3) is 0.667. The SMILES string of the molecule is CCCNC(CCC1CC1)c1ccncc1C. The lowest BCUT2D eigenvalue weighted by atomic mass is 9.98. The van der Waals surface area contributed by atoms with Crippen LogP contribution in [-0.4, -0.2) is 11.5 Å². The Morgan fingerprint density at radius 2 is 2.29 bits per heavy atom. The standard InChI is InChI=1S/C15H24N2/c1-3-9-17-15(7-6-13-4-5-13)14-8-10-16-11-12(14)2/h8,10-11,13,15,17H,3-7,9H2,1-2H3. The van der Waals surface area contributed by atoms with Gasteiger partial charge in [-0.15, -0.1) is 0 Å². The summed E-state index contributed by atoms with van der Waals surface area (Å²) in [6, 6.07) is 2.70. The Morgan fingerprint density at radius 3 is 2.94 bits per heavy atom. The van der Waals surface area contributed by atoms with Crippen molar-refractivity contribution in [1.29, 1.82) is 0 Å². The van der Waals surface area contributed by atoms with Crippen molar-refractivity contribution < 1.29 is 0 Å². The van der Waals surface area contributed by atoms with Gasteiger partial charge in [-0.3, -0.25) is 4.98 Å². The molecule has 1 aromatic heterocycles. The van der Waals surface area contributed by atoms with Crippen LogP contribution in [0.3, 0.4) is 0 Å². The quantitative estimate of drug-likeness (QED) is 0.776. The fourth-order valence-corrected chi connectivity index (χ4v) is 2.37. The van der Waals surface area contributed by atoms with E-state index in [2.05, 4.69) is 30.2 Å². The number of rotatable bonds is 7. The molecule has 2 rings (SSSR count). The number of nitrogens with one attached hydrogen (secondary N) is 1. The highest BCUT2D eigenvalue weighted by molar-refractivity contribution is 5.25. The van der Waals surface area contributed by atoms with Crippen LogP contribution in [0.5, 0.6) is 0 Å². The summed E-state index contributed by atoms with van der Waals surface area (Å²) >= 11 is 0. The van der Waals surface area contributed by atoms with Crippen molar-refractivity contribution >= 4 is 0 Å². The zero-order valence-corrected chi connectivity index (χ0v) is 11.1. The average Bonchev–Trinajstić information content (AvgIpc) is 3.15. The van der Waals surface area contributed by atoms with Crippen molar-refractivity contribution in [2.75, 3.05) is 6.54 Å². The van der Waals surface area contributed by atoms with E-state index in [0.29, 0.717) is 6.04 Å². The van der Waals surface area contributed by atoms with Crippen LogP contribution < -0.4 is 5.32 Å². The molecular weight excluding hydrogens is 208 g/mol. The summed E-state index contributed by atoms with van der Waals surface area (Å²) in [5.41, 5.74) is 2.76. The van der Waals surface area contributed by atoms with Crippen molar-refractivity contribution in [2.24, 2.45) is 5.92 Å². The average molecular weight is 232 g/mol. The van der Waals surface area contributed by atoms with Crippen molar-refractivity contribution in [3.63, 3.8) is 0 Å². The third kappa shape index (κ3) is 3.81. The molecular formula is C15H24N2. The Bertz CT molecular complexity index is 345. The molecule has 1 unspecified atom stereocenters. The normalized spacial score (nSPS) is 17.1. The first-order valence-corrected chi connectivity index (χ1v) is 6.95. The van der Waals surface area contributed by atoms with E-state index < -0.39 is 0 Å². The Balaban J connectivity index is 1.99. The van der Waals surface area contributed by atoms with E-state index in [1.54, 1.807) is 0 Å². The lowest BCUT2D eigenvalue weighted by Gasteiger charge is -2.20. The van der Waals surface area contributed by atoms with Gasteiger partial charge in [0.25, 0.3) is 0 Å². The minimum atomic E-state index is 0.526. The first-order chi connectivity index (χ1) is 8.31. The Kier molecular flexibility index (Phi) is 4.55. The maximum absolute atomic E-state index is 4.19. The first kappa shape index (κ1) is 12.6. The van der Waals surface area contributed by atoms with Gasteiger partial charge in [0.05, 0.1) is 0 Å². The van der Waals surface area contributed by atoms with Gasteiger partial charge in [0.2, 0.25) is 0 Å². The summed E-state index contributed by atoms with van der Waals surface area (Å²) in [7, 11) is 0. The molecule has 1 atom stereocenters. The summed E-state index contributed by atoms with van der Waals surface area (Å²) in [6.45, 7) is 5.50. The highest BCUT2D eigenvalue weighted by Gasteiger charge is 2.23. The van der Waals surface area contributed by atoms with Crippen LogP contribution in [0, 0.1) is 12.8 Å². The number of aryl methyl sites for hydroxylation is 1. The van der Waals surface area contributed by atoms with E-state index in [0.717, 1.165) is 12.5 Å². The van der Waals surface area contributed by atoms with Gasteiger partial charge < -0.3 is 5.32 Å². The number of hydrogen-bond donors (Lipinski definition) is 1. The number of hydrogen-bond acceptors (Lipinski definition) is 2. The van der Waals surface area contributed by atoms with Gasteiger partial charge >= 0.3 is 0 Å². The van der Waals surface area contributed by atoms with Gasteiger partial charge in [-0.2, -0.15) is 0 Å². The molecule has 0 radical (unpaired) electrons. The van der Waals surface area contributed by atoms with Crippen molar-refractivity contribution in [3.05, 3.63) is 29.6 Å². The fourth-order valence-electron chi connectivity index (χ4n) is 2.37. The minimum Gasteiger partial charge on any atom is -0.310 e. The second-order valence-electron chi connectivity index (χ2n) is 5.26. The van der Waals surface area contributed by atoms with Gasteiger partial charge in [0.15, 0.2) is 0 Å². The lowest BCUT2D eigenvalue weighted by Crippen LogP contribution is -2.23. The van der Waals surface area contributed by atoms with Gasteiger partial charge in [-0.1, -0.05) is 19.8 Å². The summed E-state index contributed by atoms with van der Waals surface area (Å²) in [5.74, 6) is 1.02. The molecule has 0 saturated heterocycles. The third-order valence-corrected chi connectivity index (χ3v) is 3.64. The molecule has 0 aliphatic heterocycles. The highest BCUT2D eigenvalue weighted by atomic mass is 14.9. The molecule has 1 aliphatic rings. The van der Waals surface area contributed by atoms with Crippen LogP contribution in [0.25, 0.3) is 0 Å². The van der Waals surface area contributed by atoms with Crippen LogP contribution in [0.2, 0.25) is 0 Å². The highest BCUT2D eigenvalue weighted by Crippen LogP contribution is 2.36. The van der Waals surface area contributed by atoms with Gasteiger partial charge in [0, 0.05) is 18.4 Å². The molecule has 0 bridgehead atoms. The summed E-state index contributed by atoms with van der Waals surface area (Å²) < 4.78 is 0. The van der Waals surface area contributed by atoms with Crippen molar-refractivity contribution in [2.45, 2.75) is 52.0 Å². The maximum atomic E-state index is 4.19. The second-order valence-corrected chi connectivity index (χ2v) is 5.26. The third-order valence-electron chi connectivity index (χ3n) is 3.64. The van der Waals surface area contributed by atoms with Crippen LogP contribution in [0.4, 0.5) is 0 Å². The molecule has 1 aromatic rings. The van der Waals surface area contributed by atoms with Crippen molar-refractivity contribution in [1.82, 2.24) is 10.3 Å². The van der Waals surface area contributed by atoms with Crippen LogP contribution >= 0.6 is 0 Å². The minimum absolute atomic E-state index is 0.526. The predicted octanol–water partition coefficient (Wildman–Crippen LogP) is 3.62. The largest absolute Gasteiger partial charge is 0.310 e. The Labute approximate surface area is 105 Å². The molecule has 94 valence electrons. The molecule has 17 heavy (non-hydrogen) atoms. The molecule has 0 spiro atoms. The summed E-state index contributed by atoms with van der Waals surface area (Å²) in [5, 5.41) is 3.68. The zero-order chi connectivity index (χ0) is 12.1. The maximum Gasteiger partial charge on any atom is 0.0324 e. The summed E-state index contributed by atoms with van der Waals surface area (Å²) in [4.78, 5) is 4.19. The molecule has 2 heteroatoms.